The van der Waals surface area contributed by atoms with Crippen molar-refractivity contribution in [2.75, 3.05) is 19.7 Å². The standard InChI is InChI=1S/C32H37ClN4O3/c33-28-4-2-1-3-26(28)30(38)35-29-8-7-23-5-6-24(21-27(23)29)31(39)37-16-13-32(14-17-37)11-9-25(10-12-32)40-20-19-36-18-15-34-22-36/h1-6,15,18,21-22,25,29H,7-14,16-17,19-20H2,(H,35,38). The van der Waals surface area contributed by atoms with E-state index >= 15 is 0 Å². The normalized spacial score (nSPS) is 20.4. The molecular formula is C32H37ClN4O3. The van der Waals surface area contributed by atoms with Gasteiger partial charge >= 0.3 is 0 Å². The molecule has 1 spiro atoms. The molecule has 1 saturated heterocycles. The number of imidazole rings is 1. The van der Waals surface area contributed by atoms with E-state index in [2.05, 4.69) is 20.9 Å². The van der Waals surface area contributed by atoms with Gasteiger partial charge in [-0.3, -0.25) is 9.59 Å². The molecule has 210 valence electrons. The van der Waals surface area contributed by atoms with Crippen LogP contribution in [-0.2, 0) is 17.7 Å². The fourth-order valence-corrected chi connectivity index (χ4v) is 6.97. The monoisotopic (exact) mass is 560 g/mol. The van der Waals surface area contributed by atoms with Gasteiger partial charge in [-0.1, -0.05) is 29.8 Å². The fourth-order valence-electron chi connectivity index (χ4n) is 6.75. The second-order valence-electron chi connectivity index (χ2n) is 11.6. The molecule has 0 bridgehead atoms. The summed E-state index contributed by atoms with van der Waals surface area (Å²) in [4.78, 5) is 32.5. The first kappa shape index (κ1) is 27.0. The molecule has 3 aliphatic rings. The number of aromatic nitrogens is 2. The molecule has 1 unspecified atom stereocenters. The Morgan fingerprint density at radius 1 is 1.05 bits per heavy atom. The molecule has 40 heavy (non-hydrogen) atoms. The van der Waals surface area contributed by atoms with E-state index in [9.17, 15) is 9.59 Å². The summed E-state index contributed by atoms with van der Waals surface area (Å²) in [5.41, 5.74) is 3.77. The van der Waals surface area contributed by atoms with Crippen LogP contribution in [0.2, 0.25) is 5.02 Å². The van der Waals surface area contributed by atoms with Gasteiger partial charge < -0.3 is 19.5 Å². The number of rotatable bonds is 7. The summed E-state index contributed by atoms with van der Waals surface area (Å²) in [7, 11) is 0. The number of piperidine rings is 1. The van der Waals surface area contributed by atoms with E-state index in [4.69, 9.17) is 16.3 Å². The van der Waals surface area contributed by atoms with Crippen LogP contribution < -0.4 is 5.32 Å². The van der Waals surface area contributed by atoms with Crippen LogP contribution in [0.1, 0.15) is 82.8 Å². The molecule has 1 aromatic heterocycles. The van der Waals surface area contributed by atoms with Gasteiger partial charge in [0.25, 0.3) is 11.8 Å². The Kier molecular flexibility index (Phi) is 7.94. The van der Waals surface area contributed by atoms with E-state index in [1.165, 1.54) is 18.4 Å². The van der Waals surface area contributed by atoms with Gasteiger partial charge in [0.15, 0.2) is 0 Å². The van der Waals surface area contributed by atoms with E-state index in [1.807, 2.05) is 41.7 Å². The van der Waals surface area contributed by atoms with Crippen LogP contribution in [0, 0.1) is 5.41 Å². The molecule has 1 saturated carbocycles. The lowest BCUT2D eigenvalue weighted by atomic mass is 9.67. The highest BCUT2D eigenvalue weighted by Crippen LogP contribution is 2.45. The minimum absolute atomic E-state index is 0.0947. The Hall–Kier alpha value is -3.16. The highest BCUT2D eigenvalue weighted by Gasteiger charge is 2.39. The predicted molar refractivity (Wildman–Crippen MR) is 154 cm³/mol. The Morgan fingerprint density at radius 3 is 2.60 bits per heavy atom. The van der Waals surface area contributed by atoms with Crippen LogP contribution >= 0.6 is 11.6 Å². The summed E-state index contributed by atoms with van der Waals surface area (Å²) < 4.78 is 8.21. The molecule has 2 aliphatic carbocycles. The number of hydrogen-bond acceptors (Lipinski definition) is 4. The Morgan fingerprint density at radius 2 is 1.85 bits per heavy atom. The highest BCUT2D eigenvalue weighted by molar-refractivity contribution is 6.33. The lowest BCUT2D eigenvalue weighted by Crippen LogP contribution is -2.45. The van der Waals surface area contributed by atoms with Crippen molar-refractivity contribution in [3.63, 3.8) is 0 Å². The Balaban J connectivity index is 1.01. The van der Waals surface area contributed by atoms with Crippen molar-refractivity contribution in [2.24, 2.45) is 5.41 Å². The molecule has 2 aromatic carbocycles. The van der Waals surface area contributed by atoms with Gasteiger partial charge in [-0.25, -0.2) is 4.98 Å². The van der Waals surface area contributed by atoms with Crippen molar-refractivity contribution in [2.45, 2.75) is 70.1 Å². The first-order valence-corrected chi connectivity index (χ1v) is 14.9. The van der Waals surface area contributed by atoms with Crippen molar-refractivity contribution >= 4 is 23.4 Å². The number of hydrogen-bond donors (Lipinski definition) is 1. The first-order chi connectivity index (χ1) is 19.5. The number of nitrogens with one attached hydrogen (secondary N) is 1. The Bertz CT molecular complexity index is 1340. The third-order valence-corrected chi connectivity index (χ3v) is 9.59. The van der Waals surface area contributed by atoms with Crippen LogP contribution in [0.5, 0.6) is 0 Å². The van der Waals surface area contributed by atoms with Gasteiger partial charge in [0.1, 0.15) is 0 Å². The van der Waals surface area contributed by atoms with Crippen molar-refractivity contribution in [1.29, 1.82) is 0 Å². The van der Waals surface area contributed by atoms with Gasteiger partial charge in [-0.2, -0.15) is 0 Å². The second-order valence-corrected chi connectivity index (χ2v) is 12.0. The van der Waals surface area contributed by atoms with Crippen LogP contribution in [0.25, 0.3) is 0 Å². The molecule has 2 fully saturated rings. The number of amides is 2. The second kappa shape index (κ2) is 11.8. The van der Waals surface area contributed by atoms with E-state index in [0.717, 1.165) is 70.3 Å². The number of benzene rings is 2. The number of halogens is 1. The summed E-state index contributed by atoms with van der Waals surface area (Å²) in [5, 5.41) is 3.58. The SMILES string of the molecule is O=C(NC1CCc2ccc(C(=O)N3CCC4(CCC(OCCn5ccnc5)CC4)CC3)cc21)c1ccccc1Cl. The zero-order valence-corrected chi connectivity index (χ0v) is 23.6. The van der Waals surface area contributed by atoms with Crippen molar-refractivity contribution < 1.29 is 14.3 Å². The van der Waals surface area contributed by atoms with Crippen LogP contribution in [-0.4, -0.2) is 52.1 Å². The van der Waals surface area contributed by atoms with Crippen molar-refractivity contribution in [1.82, 2.24) is 19.8 Å². The molecular weight excluding hydrogens is 524 g/mol. The van der Waals surface area contributed by atoms with Crippen LogP contribution in [0.4, 0.5) is 0 Å². The van der Waals surface area contributed by atoms with Crippen LogP contribution in [0.15, 0.2) is 61.2 Å². The number of aryl methyl sites for hydroxylation is 1. The average Bonchev–Trinajstić information content (AvgIpc) is 3.64. The molecule has 1 atom stereocenters. The number of fused-ring (bicyclic) bond motifs is 1. The number of nitrogens with zero attached hydrogens (tertiary/aromatic N) is 3. The minimum atomic E-state index is -0.181. The topological polar surface area (TPSA) is 76.5 Å². The highest BCUT2D eigenvalue weighted by atomic mass is 35.5. The third kappa shape index (κ3) is 5.81. The van der Waals surface area contributed by atoms with Gasteiger partial charge in [0, 0.05) is 37.6 Å². The lowest BCUT2D eigenvalue weighted by molar-refractivity contribution is -0.0236. The van der Waals surface area contributed by atoms with Crippen molar-refractivity contribution in [3.8, 4) is 0 Å². The number of carbonyl (C=O) groups is 2. The summed E-state index contributed by atoms with van der Waals surface area (Å²) in [6, 6.07) is 13.0. The van der Waals surface area contributed by atoms with Gasteiger partial charge in [-0.15, -0.1) is 0 Å². The van der Waals surface area contributed by atoms with Gasteiger partial charge in [0.05, 0.1) is 35.7 Å². The van der Waals surface area contributed by atoms with Crippen LogP contribution in [0.3, 0.4) is 0 Å². The summed E-state index contributed by atoms with van der Waals surface area (Å²) in [6.07, 6.45) is 14.3. The van der Waals surface area contributed by atoms with Gasteiger partial charge in [-0.05, 0) is 92.2 Å². The van der Waals surface area contributed by atoms with E-state index < -0.39 is 0 Å². The summed E-state index contributed by atoms with van der Waals surface area (Å²) in [5.74, 6) is -0.0860. The molecule has 7 nitrogen and oxygen atoms in total. The summed E-state index contributed by atoms with van der Waals surface area (Å²) in [6.45, 7) is 3.17. The number of carbonyl (C=O) groups excluding carboxylic acids is 2. The first-order valence-electron chi connectivity index (χ1n) is 14.5. The molecule has 2 heterocycles. The van der Waals surface area contributed by atoms with Gasteiger partial charge in [0.2, 0.25) is 0 Å². The molecule has 3 aromatic rings. The lowest BCUT2D eigenvalue weighted by Gasteiger charge is -2.46. The maximum atomic E-state index is 13.5. The predicted octanol–water partition coefficient (Wildman–Crippen LogP) is 5.84. The summed E-state index contributed by atoms with van der Waals surface area (Å²) >= 11 is 6.24. The zero-order valence-electron chi connectivity index (χ0n) is 22.9. The van der Waals surface area contributed by atoms with E-state index in [0.29, 0.717) is 27.7 Å². The molecule has 1 N–H and O–H groups in total. The zero-order chi connectivity index (χ0) is 27.5. The Labute approximate surface area is 240 Å². The maximum absolute atomic E-state index is 13.5. The largest absolute Gasteiger partial charge is 0.376 e. The minimum Gasteiger partial charge on any atom is -0.376 e. The van der Waals surface area contributed by atoms with Crippen molar-refractivity contribution in [3.05, 3.63) is 88.5 Å². The maximum Gasteiger partial charge on any atom is 0.253 e. The number of ether oxygens (including phenoxy) is 1. The molecule has 2 amide bonds. The average molecular weight is 561 g/mol. The van der Waals surface area contributed by atoms with E-state index in [1.54, 1.807) is 18.3 Å². The smallest absolute Gasteiger partial charge is 0.253 e. The quantitative estimate of drug-likeness (QED) is 0.394. The third-order valence-electron chi connectivity index (χ3n) is 9.26. The fraction of sp³-hybridized carbons (Fsp3) is 0.469. The molecule has 8 heteroatoms. The molecule has 6 rings (SSSR count). The number of likely N-dealkylation sites (tertiary alicyclic amines) is 1. The molecule has 1 aliphatic heterocycles. The molecule has 0 radical (unpaired) electrons. The van der Waals surface area contributed by atoms with E-state index in [-0.39, 0.29) is 17.9 Å².